The second-order valence-electron chi connectivity index (χ2n) is 7.13. The molecule has 4 rings (SSSR count). The van der Waals surface area contributed by atoms with Gasteiger partial charge in [-0.25, -0.2) is 0 Å². The molecule has 0 heterocycles. The Labute approximate surface area is 171 Å². The predicted octanol–water partition coefficient (Wildman–Crippen LogP) is 5.40. The van der Waals surface area contributed by atoms with Crippen molar-refractivity contribution >= 4 is 5.78 Å². The van der Waals surface area contributed by atoms with E-state index in [1.165, 1.54) is 5.56 Å². The smallest absolute Gasteiger partial charge is 0.203 e. The summed E-state index contributed by atoms with van der Waals surface area (Å²) in [6.45, 7) is 0. The summed E-state index contributed by atoms with van der Waals surface area (Å²) < 4.78 is 0. The molecule has 0 aromatic heterocycles. The molecule has 2 nitrogen and oxygen atoms in total. The van der Waals surface area contributed by atoms with Crippen molar-refractivity contribution in [2.45, 2.75) is 12.0 Å². The van der Waals surface area contributed by atoms with Crippen LogP contribution >= 0.6 is 0 Å². The molecule has 0 spiro atoms. The van der Waals surface area contributed by atoms with E-state index >= 15 is 0 Å². The van der Waals surface area contributed by atoms with Crippen LogP contribution in [-0.2, 0) is 12.0 Å². The number of aliphatic hydroxyl groups is 1. The molecule has 1 N–H and O–H groups in total. The third-order valence-corrected chi connectivity index (χ3v) is 5.18. The highest BCUT2D eigenvalue weighted by Gasteiger charge is 2.40. The van der Waals surface area contributed by atoms with E-state index in [9.17, 15) is 9.90 Å². The van der Waals surface area contributed by atoms with Crippen LogP contribution in [0, 0.1) is 0 Å². The summed E-state index contributed by atoms with van der Waals surface area (Å²) in [7, 11) is 0. The minimum Gasteiger partial charge on any atom is -0.373 e. The van der Waals surface area contributed by atoms with Gasteiger partial charge in [-0.05, 0) is 28.7 Å². The highest BCUT2D eigenvalue weighted by molar-refractivity contribution is 6.05. The molecule has 0 aliphatic carbocycles. The van der Waals surface area contributed by atoms with Gasteiger partial charge in [0.15, 0.2) is 5.60 Å². The Kier molecular flexibility index (Phi) is 5.37. The van der Waals surface area contributed by atoms with Crippen LogP contribution < -0.4 is 0 Å². The molecule has 0 atom stereocenters. The third-order valence-electron chi connectivity index (χ3n) is 5.18. The third kappa shape index (κ3) is 3.89. The predicted molar refractivity (Wildman–Crippen MR) is 116 cm³/mol. The summed E-state index contributed by atoms with van der Waals surface area (Å²) >= 11 is 0. The Morgan fingerprint density at radius 2 is 1.00 bits per heavy atom. The minimum absolute atomic E-state index is 0.332. The fourth-order valence-electron chi connectivity index (χ4n) is 3.60. The Morgan fingerprint density at radius 1 is 0.586 bits per heavy atom. The average Bonchev–Trinajstić information content (AvgIpc) is 2.80. The number of rotatable bonds is 6. The van der Waals surface area contributed by atoms with Gasteiger partial charge < -0.3 is 5.11 Å². The second-order valence-corrected chi connectivity index (χ2v) is 7.13. The molecule has 0 saturated carbocycles. The molecular weight excluding hydrogens is 356 g/mol. The van der Waals surface area contributed by atoms with Crippen LogP contribution in [0.2, 0.25) is 0 Å². The van der Waals surface area contributed by atoms with E-state index < -0.39 is 5.60 Å². The number of hydrogen-bond acceptors (Lipinski definition) is 2. The van der Waals surface area contributed by atoms with Gasteiger partial charge in [-0.2, -0.15) is 0 Å². The number of ketones is 1. The Bertz CT molecular complexity index is 1030. The maximum atomic E-state index is 13.5. The monoisotopic (exact) mass is 378 g/mol. The lowest BCUT2D eigenvalue weighted by Crippen LogP contribution is -2.37. The topological polar surface area (TPSA) is 37.3 Å². The van der Waals surface area contributed by atoms with Crippen LogP contribution in [0.25, 0.3) is 0 Å². The molecule has 0 saturated heterocycles. The van der Waals surface area contributed by atoms with Crippen LogP contribution in [0.1, 0.15) is 32.6 Å². The molecule has 0 aliphatic heterocycles. The zero-order valence-corrected chi connectivity index (χ0v) is 16.0. The minimum atomic E-state index is -1.73. The second kappa shape index (κ2) is 8.26. The van der Waals surface area contributed by atoms with E-state index in [2.05, 4.69) is 12.1 Å². The zero-order valence-electron chi connectivity index (χ0n) is 16.0. The molecule has 4 aromatic rings. The maximum absolute atomic E-state index is 13.5. The van der Waals surface area contributed by atoms with Crippen LogP contribution in [0.3, 0.4) is 0 Å². The van der Waals surface area contributed by atoms with Crippen molar-refractivity contribution in [1.29, 1.82) is 0 Å². The van der Waals surface area contributed by atoms with Crippen LogP contribution in [0.15, 0.2) is 115 Å². The quantitative estimate of drug-likeness (QED) is 0.456. The van der Waals surface area contributed by atoms with Crippen LogP contribution in [0.5, 0.6) is 0 Å². The first kappa shape index (κ1) is 18.9. The summed E-state index contributed by atoms with van der Waals surface area (Å²) in [4.78, 5) is 13.5. The van der Waals surface area contributed by atoms with Gasteiger partial charge in [0.2, 0.25) is 5.78 Å². The molecule has 0 amide bonds. The summed E-state index contributed by atoms with van der Waals surface area (Å²) in [6.07, 6.45) is 0.803. The SMILES string of the molecule is O=C(c1ccc(Cc2ccccc2)cc1)C(O)(c1ccccc1)c1ccccc1. The average molecular weight is 378 g/mol. The lowest BCUT2D eigenvalue weighted by Gasteiger charge is -2.28. The fraction of sp³-hybridized carbons (Fsp3) is 0.0741. The Morgan fingerprint density at radius 3 is 1.48 bits per heavy atom. The summed E-state index contributed by atoms with van der Waals surface area (Å²) in [5, 5.41) is 11.6. The first-order chi connectivity index (χ1) is 14.2. The molecule has 0 radical (unpaired) electrons. The molecule has 4 aromatic carbocycles. The molecule has 0 fully saturated rings. The first-order valence-corrected chi connectivity index (χ1v) is 9.69. The number of hydrogen-bond donors (Lipinski definition) is 1. The summed E-state index contributed by atoms with van der Waals surface area (Å²) in [5.74, 6) is -0.332. The van der Waals surface area contributed by atoms with E-state index in [-0.39, 0.29) is 5.78 Å². The molecule has 0 unspecified atom stereocenters. The fourth-order valence-corrected chi connectivity index (χ4v) is 3.60. The van der Waals surface area contributed by atoms with E-state index in [1.54, 1.807) is 36.4 Å². The highest BCUT2D eigenvalue weighted by atomic mass is 16.3. The number of carbonyl (C=O) groups excluding carboxylic acids is 1. The van der Waals surface area contributed by atoms with Gasteiger partial charge in [0.05, 0.1) is 0 Å². The van der Waals surface area contributed by atoms with Gasteiger partial charge >= 0.3 is 0 Å². The van der Waals surface area contributed by atoms with Gasteiger partial charge in [0.1, 0.15) is 0 Å². The van der Waals surface area contributed by atoms with Crippen molar-refractivity contribution in [1.82, 2.24) is 0 Å². The molecule has 0 aliphatic rings. The summed E-state index contributed by atoms with van der Waals surface area (Å²) in [6, 6.07) is 36.0. The Hall–Kier alpha value is -3.49. The lowest BCUT2D eigenvalue weighted by molar-refractivity contribution is 0.0488. The van der Waals surface area contributed by atoms with Gasteiger partial charge in [0, 0.05) is 5.56 Å². The van der Waals surface area contributed by atoms with E-state index in [4.69, 9.17) is 0 Å². The Balaban J connectivity index is 1.68. The zero-order chi connectivity index (χ0) is 20.1. The summed E-state index contributed by atoms with van der Waals surface area (Å²) in [5.41, 5.74) is 2.21. The standard InChI is InChI=1S/C27H22O2/c28-26(23-18-16-22(17-19-23)20-21-10-4-1-5-11-21)27(29,24-12-6-2-7-13-24)25-14-8-3-9-15-25/h1-19,29H,20H2. The largest absolute Gasteiger partial charge is 0.373 e. The van der Waals surface area contributed by atoms with E-state index in [1.807, 2.05) is 66.7 Å². The van der Waals surface area contributed by atoms with Gasteiger partial charge in [-0.1, -0.05) is 115 Å². The molecule has 142 valence electrons. The van der Waals surface area contributed by atoms with Crippen molar-refractivity contribution in [3.8, 4) is 0 Å². The van der Waals surface area contributed by atoms with Crippen LogP contribution in [0.4, 0.5) is 0 Å². The van der Waals surface area contributed by atoms with Crippen molar-refractivity contribution in [3.63, 3.8) is 0 Å². The van der Waals surface area contributed by atoms with Crippen molar-refractivity contribution in [2.75, 3.05) is 0 Å². The lowest BCUT2D eigenvalue weighted by atomic mass is 9.80. The number of carbonyl (C=O) groups is 1. The van der Waals surface area contributed by atoms with E-state index in [0.717, 1.165) is 12.0 Å². The molecule has 2 heteroatoms. The van der Waals surface area contributed by atoms with Crippen molar-refractivity contribution in [2.24, 2.45) is 0 Å². The number of benzene rings is 4. The van der Waals surface area contributed by atoms with Crippen molar-refractivity contribution < 1.29 is 9.90 Å². The highest BCUT2D eigenvalue weighted by Crippen LogP contribution is 2.33. The van der Waals surface area contributed by atoms with E-state index in [0.29, 0.717) is 16.7 Å². The van der Waals surface area contributed by atoms with Gasteiger partial charge in [-0.3, -0.25) is 4.79 Å². The maximum Gasteiger partial charge on any atom is 0.203 e. The number of Topliss-reactive ketones (excluding diaryl/α,β-unsaturated/α-hetero) is 1. The van der Waals surface area contributed by atoms with Gasteiger partial charge in [-0.15, -0.1) is 0 Å². The van der Waals surface area contributed by atoms with Crippen LogP contribution in [-0.4, -0.2) is 10.9 Å². The molecule has 29 heavy (non-hydrogen) atoms. The molecular formula is C27H22O2. The molecule has 0 bridgehead atoms. The van der Waals surface area contributed by atoms with Crippen molar-refractivity contribution in [3.05, 3.63) is 143 Å². The first-order valence-electron chi connectivity index (χ1n) is 9.69. The normalized spacial score (nSPS) is 11.2. The van der Waals surface area contributed by atoms with Gasteiger partial charge in [0.25, 0.3) is 0 Å².